The number of rotatable bonds is 1. The number of hydrogen-bond acceptors (Lipinski definition) is 2. The smallest absolute Gasteiger partial charge is 0.0437 e. The summed E-state index contributed by atoms with van der Waals surface area (Å²) in [6.07, 6.45) is 5.77. The van der Waals surface area contributed by atoms with Crippen molar-refractivity contribution in [3.63, 3.8) is 0 Å². The van der Waals surface area contributed by atoms with Crippen molar-refractivity contribution >= 4 is 28.3 Å². The summed E-state index contributed by atoms with van der Waals surface area (Å²) < 4.78 is 1.08. The van der Waals surface area contributed by atoms with E-state index in [1.165, 1.54) is 0 Å². The van der Waals surface area contributed by atoms with Crippen LogP contribution in [0.1, 0.15) is 18.4 Å². The van der Waals surface area contributed by atoms with Crippen LogP contribution in [0, 0.1) is 0 Å². The zero-order valence-electron chi connectivity index (χ0n) is 6.46. The summed E-state index contributed by atoms with van der Waals surface area (Å²) in [6.45, 7) is 0. The van der Waals surface area contributed by atoms with Crippen LogP contribution in [0.25, 0.3) is 0 Å². The number of nitrogens with two attached hydrogens (primary N) is 1. The predicted molar refractivity (Wildman–Crippen MR) is 54.3 cm³/mol. The lowest BCUT2D eigenvalue weighted by molar-refractivity contribution is 0.730. The molecule has 1 saturated carbocycles. The highest BCUT2D eigenvalue weighted by molar-refractivity contribution is 9.10. The van der Waals surface area contributed by atoms with Crippen LogP contribution >= 0.6 is 28.3 Å². The number of hydrogen-bond donors (Lipinski definition) is 1. The standard InChI is InChI=1S/C8H9BrN2.ClH/c9-7-1-4-11-5-6(7)8(10)2-3-8;/h1,4-5H,2-3,10H2;1H. The van der Waals surface area contributed by atoms with E-state index in [1.54, 1.807) is 6.20 Å². The molecule has 66 valence electrons. The molecule has 1 heterocycles. The lowest BCUT2D eigenvalue weighted by atomic mass is 10.1. The Morgan fingerprint density at radius 3 is 2.67 bits per heavy atom. The Morgan fingerprint density at radius 2 is 2.17 bits per heavy atom. The van der Waals surface area contributed by atoms with Crippen LogP contribution in [0.3, 0.4) is 0 Å². The number of aromatic nitrogens is 1. The molecule has 0 unspecified atom stereocenters. The number of pyridine rings is 1. The molecule has 12 heavy (non-hydrogen) atoms. The van der Waals surface area contributed by atoms with Gasteiger partial charge in [0.2, 0.25) is 0 Å². The van der Waals surface area contributed by atoms with Crippen molar-refractivity contribution in [3.8, 4) is 0 Å². The molecule has 0 bridgehead atoms. The van der Waals surface area contributed by atoms with Crippen LogP contribution in [0.4, 0.5) is 0 Å². The molecule has 0 amide bonds. The SMILES string of the molecule is Cl.NC1(c2cnccc2Br)CC1. The van der Waals surface area contributed by atoms with Crippen molar-refractivity contribution in [1.82, 2.24) is 4.98 Å². The highest BCUT2D eigenvalue weighted by Gasteiger charge is 2.41. The number of nitrogens with zero attached hydrogens (tertiary/aromatic N) is 1. The molecule has 0 saturated heterocycles. The molecule has 1 aromatic heterocycles. The van der Waals surface area contributed by atoms with Crippen molar-refractivity contribution in [2.45, 2.75) is 18.4 Å². The molecular weight excluding hydrogens is 239 g/mol. The first-order valence-corrected chi connectivity index (χ1v) is 4.40. The van der Waals surface area contributed by atoms with Gasteiger partial charge in [-0.15, -0.1) is 12.4 Å². The molecule has 0 spiro atoms. The van der Waals surface area contributed by atoms with Crippen molar-refractivity contribution in [2.75, 3.05) is 0 Å². The van der Waals surface area contributed by atoms with Gasteiger partial charge < -0.3 is 5.73 Å². The summed E-state index contributed by atoms with van der Waals surface area (Å²) in [7, 11) is 0. The minimum atomic E-state index is -0.0763. The highest BCUT2D eigenvalue weighted by atomic mass is 79.9. The zero-order chi connectivity index (χ0) is 7.90. The average Bonchev–Trinajstić information content (AvgIpc) is 2.70. The van der Waals surface area contributed by atoms with Gasteiger partial charge in [0.1, 0.15) is 0 Å². The fraction of sp³-hybridized carbons (Fsp3) is 0.375. The second-order valence-corrected chi connectivity index (χ2v) is 3.87. The Morgan fingerprint density at radius 1 is 1.50 bits per heavy atom. The first-order chi connectivity index (χ1) is 5.22. The minimum absolute atomic E-state index is 0. The Kier molecular flexibility index (Phi) is 2.76. The molecule has 1 aliphatic rings. The van der Waals surface area contributed by atoms with Crippen LogP contribution in [0.5, 0.6) is 0 Å². The van der Waals surface area contributed by atoms with Gasteiger partial charge in [0, 0.05) is 28.0 Å². The van der Waals surface area contributed by atoms with Gasteiger partial charge in [-0.05, 0) is 18.9 Å². The summed E-state index contributed by atoms with van der Waals surface area (Å²) >= 11 is 3.45. The minimum Gasteiger partial charge on any atom is -0.321 e. The first-order valence-electron chi connectivity index (χ1n) is 3.61. The van der Waals surface area contributed by atoms with E-state index in [0.717, 1.165) is 22.9 Å². The normalized spacial score (nSPS) is 18.2. The first kappa shape index (κ1) is 9.96. The predicted octanol–water partition coefficient (Wildman–Crippen LogP) is 2.21. The van der Waals surface area contributed by atoms with Crippen molar-refractivity contribution in [1.29, 1.82) is 0 Å². The van der Waals surface area contributed by atoms with Crippen molar-refractivity contribution in [2.24, 2.45) is 5.73 Å². The van der Waals surface area contributed by atoms with E-state index in [-0.39, 0.29) is 17.9 Å². The summed E-state index contributed by atoms with van der Waals surface area (Å²) in [5.74, 6) is 0. The van der Waals surface area contributed by atoms with Crippen molar-refractivity contribution < 1.29 is 0 Å². The van der Waals surface area contributed by atoms with Gasteiger partial charge in [-0.25, -0.2) is 0 Å². The molecule has 1 aliphatic carbocycles. The summed E-state index contributed by atoms with van der Waals surface area (Å²) in [5.41, 5.74) is 7.06. The molecule has 2 N–H and O–H groups in total. The third-order valence-corrected chi connectivity index (χ3v) is 2.78. The van der Waals surface area contributed by atoms with Gasteiger partial charge in [-0.1, -0.05) is 15.9 Å². The molecule has 0 aromatic carbocycles. The molecule has 4 heteroatoms. The van der Waals surface area contributed by atoms with Crippen molar-refractivity contribution in [3.05, 3.63) is 28.5 Å². The lowest BCUT2D eigenvalue weighted by Gasteiger charge is -2.09. The van der Waals surface area contributed by atoms with E-state index in [9.17, 15) is 0 Å². The quantitative estimate of drug-likeness (QED) is 0.829. The summed E-state index contributed by atoms with van der Waals surface area (Å²) in [5, 5.41) is 0. The van der Waals surface area contributed by atoms with Crippen LogP contribution in [-0.2, 0) is 5.54 Å². The maximum Gasteiger partial charge on any atom is 0.0437 e. The molecule has 0 radical (unpaired) electrons. The van der Waals surface area contributed by atoms with E-state index in [2.05, 4.69) is 20.9 Å². The van der Waals surface area contributed by atoms with E-state index < -0.39 is 0 Å². The highest BCUT2D eigenvalue weighted by Crippen LogP contribution is 2.44. The molecular formula is C8H10BrClN2. The number of halogens is 2. The third-order valence-electron chi connectivity index (χ3n) is 2.09. The molecule has 2 rings (SSSR count). The van der Waals surface area contributed by atoms with E-state index in [0.29, 0.717) is 0 Å². The fourth-order valence-corrected chi connectivity index (χ4v) is 1.76. The van der Waals surface area contributed by atoms with Gasteiger partial charge in [-0.3, -0.25) is 4.98 Å². The van der Waals surface area contributed by atoms with Gasteiger partial charge in [0.25, 0.3) is 0 Å². The van der Waals surface area contributed by atoms with Crippen LogP contribution in [0.15, 0.2) is 22.9 Å². The average molecular weight is 250 g/mol. The zero-order valence-corrected chi connectivity index (χ0v) is 8.86. The maximum atomic E-state index is 6.00. The maximum absolute atomic E-state index is 6.00. The summed E-state index contributed by atoms with van der Waals surface area (Å²) in [4.78, 5) is 4.04. The van der Waals surface area contributed by atoms with E-state index >= 15 is 0 Å². The van der Waals surface area contributed by atoms with E-state index in [1.807, 2.05) is 12.3 Å². The van der Waals surface area contributed by atoms with Crippen LogP contribution in [-0.4, -0.2) is 4.98 Å². The van der Waals surface area contributed by atoms with Crippen LogP contribution in [0.2, 0.25) is 0 Å². The molecule has 2 nitrogen and oxygen atoms in total. The molecule has 0 atom stereocenters. The van der Waals surface area contributed by atoms with Gasteiger partial charge >= 0.3 is 0 Å². The monoisotopic (exact) mass is 248 g/mol. The second-order valence-electron chi connectivity index (χ2n) is 3.01. The largest absolute Gasteiger partial charge is 0.321 e. The van der Waals surface area contributed by atoms with Crippen LogP contribution < -0.4 is 5.73 Å². The Balaban J connectivity index is 0.000000720. The Bertz CT molecular complexity index is 286. The fourth-order valence-electron chi connectivity index (χ4n) is 1.15. The van der Waals surface area contributed by atoms with Gasteiger partial charge in [0.15, 0.2) is 0 Å². The third kappa shape index (κ3) is 1.63. The second kappa shape index (κ2) is 3.32. The molecule has 1 fully saturated rings. The van der Waals surface area contributed by atoms with E-state index in [4.69, 9.17) is 5.73 Å². The summed E-state index contributed by atoms with van der Waals surface area (Å²) in [6, 6.07) is 1.93. The van der Waals surface area contributed by atoms with Gasteiger partial charge in [0.05, 0.1) is 0 Å². The Labute approximate surface area is 86.1 Å². The molecule has 0 aliphatic heterocycles. The lowest BCUT2D eigenvalue weighted by Crippen LogP contribution is -2.19. The molecule has 1 aromatic rings. The Hall–Kier alpha value is -0.120. The van der Waals surface area contributed by atoms with Gasteiger partial charge in [-0.2, -0.15) is 0 Å². The topological polar surface area (TPSA) is 38.9 Å².